The van der Waals surface area contributed by atoms with E-state index in [1.807, 2.05) is 13.8 Å². The van der Waals surface area contributed by atoms with Crippen molar-refractivity contribution in [2.75, 3.05) is 6.61 Å². The maximum absolute atomic E-state index is 10.9. The first-order valence-electron chi connectivity index (χ1n) is 3.34. The van der Waals surface area contributed by atoms with Crippen molar-refractivity contribution in [1.82, 2.24) is 0 Å². The molecule has 0 radical (unpaired) electrons. The SMILES string of the molecule is CC1CC(=O)C(C)CO1. The number of ether oxygens (including phenoxy) is 1. The highest BCUT2D eigenvalue weighted by molar-refractivity contribution is 5.81. The molecule has 1 heterocycles. The summed E-state index contributed by atoms with van der Waals surface area (Å²) in [6, 6.07) is 0. The van der Waals surface area contributed by atoms with Gasteiger partial charge in [0.25, 0.3) is 0 Å². The number of ketones is 1. The third-order valence-corrected chi connectivity index (χ3v) is 1.67. The van der Waals surface area contributed by atoms with Gasteiger partial charge in [-0.3, -0.25) is 4.79 Å². The molecule has 1 aliphatic rings. The summed E-state index contributed by atoms with van der Waals surface area (Å²) in [5.74, 6) is 0.468. The van der Waals surface area contributed by atoms with E-state index >= 15 is 0 Å². The second-order valence-electron chi connectivity index (χ2n) is 2.72. The van der Waals surface area contributed by atoms with Crippen LogP contribution in [0.1, 0.15) is 20.3 Å². The van der Waals surface area contributed by atoms with Crippen LogP contribution < -0.4 is 0 Å². The fraction of sp³-hybridized carbons (Fsp3) is 0.857. The van der Waals surface area contributed by atoms with Crippen LogP contribution in [0.5, 0.6) is 0 Å². The minimum Gasteiger partial charge on any atom is -0.377 e. The van der Waals surface area contributed by atoms with Crippen molar-refractivity contribution in [3.05, 3.63) is 0 Å². The Labute approximate surface area is 55.2 Å². The minimum atomic E-state index is 0.126. The molecule has 9 heavy (non-hydrogen) atoms. The van der Waals surface area contributed by atoms with Gasteiger partial charge in [0.05, 0.1) is 12.7 Å². The Hall–Kier alpha value is -0.370. The highest BCUT2D eigenvalue weighted by atomic mass is 16.5. The molecule has 1 fully saturated rings. The van der Waals surface area contributed by atoms with Crippen LogP contribution in [0.4, 0.5) is 0 Å². The van der Waals surface area contributed by atoms with Gasteiger partial charge in [0.1, 0.15) is 5.78 Å². The Bertz CT molecular complexity index is 120. The Kier molecular flexibility index (Phi) is 1.86. The molecule has 52 valence electrons. The lowest BCUT2D eigenvalue weighted by molar-refractivity contribution is -0.133. The smallest absolute Gasteiger partial charge is 0.140 e. The van der Waals surface area contributed by atoms with Crippen molar-refractivity contribution < 1.29 is 9.53 Å². The van der Waals surface area contributed by atoms with Crippen molar-refractivity contribution in [2.24, 2.45) is 5.92 Å². The van der Waals surface area contributed by atoms with Crippen molar-refractivity contribution in [3.63, 3.8) is 0 Å². The first-order chi connectivity index (χ1) is 4.20. The van der Waals surface area contributed by atoms with Gasteiger partial charge in [-0.15, -0.1) is 0 Å². The number of carbonyl (C=O) groups excluding carboxylic acids is 1. The zero-order chi connectivity index (χ0) is 6.85. The van der Waals surface area contributed by atoms with Gasteiger partial charge in [0.2, 0.25) is 0 Å². The number of carbonyl (C=O) groups is 1. The van der Waals surface area contributed by atoms with Crippen LogP contribution in [0.2, 0.25) is 0 Å². The Morgan fingerprint density at radius 2 is 2.22 bits per heavy atom. The van der Waals surface area contributed by atoms with Crippen LogP contribution in [0.15, 0.2) is 0 Å². The molecule has 1 rings (SSSR count). The van der Waals surface area contributed by atoms with E-state index in [2.05, 4.69) is 0 Å². The highest BCUT2D eigenvalue weighted by Gasteiger charge is 2.22. The Morgan fingerprint density at radius 3 is 2.67 bits per heavy atom. The molecule has 2 heteroatoms. The fourth-order valence-corrected chi connectivity index (χ4v) is 0.945. The van der Waals surface area contributed by atoms with Gasteiger partial charge in [0, 0.05) is 12.3 Å². The molecule has 1 aliphatic heterocycles. The molecule has 0 aromatic heterocycles. The van der Waals surface area contributed by atoms with E-state index in [0.717, 1.165) is 0 Å². The van der Waals surface area contributed by atoms with E-state index in [0.29, 0.717) is 18.8 Å². The van der Waals surface area contributed by atoms with Gasteiger partial charge in [-0.25, -0.2) is 0 Å². The minimum absolute atomic E-state index is 0.126. The molecule has 0 saturated carbocycles. The molecule has 2 atom stereocenters. The average molecular weight is 128 g/mol. The van der Waals surface area contributed by atoms with E-state index < -0.39 is 0 Å². The monoisotopic (exact) mass is 128 g/mol. The second kappa shape index (κ2) is 2.48. The molecule has 1 saturated heterocycles. The first kappa shape index (κ1) is 6.75. The van der Waals surface area contributed by atoms with Crippen LogP contribution in [0, 0.1) is 5.92 Å². The predicted molar refractivity (Wildman–Crippen MR) is 34.2 cm³/mol. The molecule has 0 N–H and O–H groups in total. The summed E-state index contributed by atoms with van der Waals surface area (Å²) in [5, 5.41) is 0. The van der Waals surface area contributed by atoms with E-state index in [9.17, 15) is 4.79 Å². The van der Waals surface area contributed by atoms with E-state index in [-0.39, 0.29) is 12.0 Å². The van der Waals surface area contributed by atoms with Crippen molar-refractivity contribution >= 4 is 5.78 Å². The molecule has 2 unspecified atom stereocenters. The van der Waals surface area contributed by atoms with Gasteiger partial charge in [-0.2, -0.15) is 0 Å². The maximum atomic E-state index is 10.9. The number of rotatable bonds is 0. The van der Waals surface area contributed by atoms with Gasteiger partial charge in [-0.05, 0) is 6.92 Å². The third kappa shape index (κ3) is 1.52. The summed E-state index contributed by atoms with van der Waals surface area (Å²) in [6.07, 6.45) is 0.745. The maximum Gasteiger partial charge on any atom is 0.140 e. The summed E-state index contributed by atoms with van der Waals surface area (Å²) in [7, 11) is 0. The number of hydrogen-bond acceptors (Lipinski definition) is 2. The molecule has 0 aromatic rings. The van der Waals surface area contributed by atoms with Gasteiger partial charge >= 0.3 is 0 Å². The van der Waals surface area contributed by atoms with Crippen molar-refractivity contribution in [3.8, 4) is 0 Å². The number of hydrogen-bond donors (Lipinski definition) is 0. The zero-order valence-electron chi connectivity index (χ0n) is 5.89. The largest absolute Gasteiger partial charge is 0.377 e. The molecule has 0 aliphatic carbocycles. The quantitative estimate of drug-likeness (QED) is 0.486. The molecule has 0 amide bonds. The topological polar surface area (TPSA) is 26.3 Å². The third-order valence-electron chi connectivity index (χ3n) is 1.67. The molecule has 0 bridgehead atoms. The summed E-state index contributed by atoms with van der Waals surface area (Å²) in [4.78, 5) is 10.9. The highest BCUT2D eigenvalue weighted by Crippen LogP contribution is 2.13. The van der Waals surface area contributed by atoms with Crippen LogP contribution in [0.25, 0.3) is 0 Å². The lowest BCUT2D eigenvalue weighted by atomic mass is 10.00. The summed E-state index contributed by atoms with van der Waals surface area (Å²) >= 11 is 0. The Morgan fingerprint density at radius 1 is 1.56 bits per heavy atom. The fourth-order valence-electron chi connectivity index (χ4n) is 0.945. The lowest BCUT2D eigenvalue weighted by Crippen LogP contribution is -2.30. The predicted octanol–water partition coefficient (Wildman–Crippen LogP) is 1.00. The average Bonchev–Trinajstić information content (AvgIpc) is 1.80. The van der Waals surface area contributed by atoms with Crippen LogP contribution in [-0.4, -0.2) is 18.5 Å². The lowest BCUT2D eigenvalue weighted by Gasteiger charge is -2.22. The summed E-state index contributed by atoms with van der Waals surface area (Å²) < 4.78 is 5.24. The summed E-state index contributed by atoms with van der Waals surface area (Å²) in [6.45, 7) is 4.46. The van der Waals surface area contributed by atoms with Crippen LogP contribution >= 0.6 is 0 Å². The van der Waals surface area contributed by atoms with E-state index in [1.54, 1.807) is 0 Å². The molecule has 2 nitrogen and oxygen atoms in total. The van der Waals surface area contributed by atoms with E-state index in [1.165, 1.54) is 0 Å². The molecular weight excluding hydrogens is 116 g/mol. The van der Waals surface area contributed by atoms with Crippen molar-refractivity contribution in [1.29, 1.82) is 0 Å². The van der Waals surface area contributed by atoms with Gasteiger partial charge in [-0.1, -0.05) is 6.92 Å². The first-order valence-corrected chi connectivity index (χ1v) is 3.34. The van der Waals surface area contributed by atoms with Crippen molar-refractivity contribution in [2.45, 2.75) is 26.4 Å². The zero-order valence-corrected chi connectivity index (χ0v) is 5.89. The summed E-state index contributed by atoms with van der Waals surface area (Å²) in [5.41, 5.74) is 0. The molecule has 0 spiro atoms. The number of Topliss-reactive ketones (excluding diaryl/α,β-unsaturated/α-hetero) is 1. The van der Waals surface area contributed by atoms with E-state index in [4.69, 9.17) is 4.74 Å². The second-order valence-corrected chi connectivity index (χ2v) is 2.72. The molecular formula is C7H12O2. The van der Waals surface area contributed by atoms with Gasteiger partial charge < -0.3 is 4.74 Å². The van der Waals surface area contributed by atoms with Crippen LogP contribution in [0.3, 0.4) is 0 Å². The normalized spacial score (nSPS) is 36.9. The van der Waals surface area contributed by atoms with Crippen LogP contribution in [-0.2, 0) is 9.53 Å². The molecule has 0 aromatic carbocycles. The standard InChI is InChI=1S/C7H12O2/c1-5-4-9-6(2)3-7(5)8/h5-6H,3-4H2,1-2H3. The van der Waals surface area contributed by atoms with Gasteiger partial charge in [0.15, 0.2) is 0 Å². The Balaban J connectivity index is 2.44.